The number of fused-ring (bicyclic) bond motifs is 1. The van der Waals surface area contributed by atoms with Gasteiger partial charge >= 0.3 is 0 Å². The molecule has 22 heavy (non-hydrogen) atoms. The zero-order chi connectivity index (χ0) is 15.5. The molecule has 1 amide bonds. The summed E-state index contributed by atoms with van der Waals surface area (Å²) in [6.45, 7) is 1.44. The Hall–Kier alpha value is -2.30. The number of aromatic nitrogens is 2. The maximum Gasteiger partial charge on any atom is 0.223 e. The van der Waals surface area contributed by atoms with Crippen molar-refractivity contribution in [2.24, 2.45) is 7.05 Å². The van der Waals surface area contributed by atoms with E-state index in [2.05, 4.69) is 4.98 Å². The molecule has 0 saturated carbocycles. The normalized spacial score (nSPS) is 13.8. The third-order valence-corrected chi connectivity index (χ3v) is 4.24. The van der Waals surface area contributed by atoms with E-state index >= 15 is 0 Å². The van der Waals surface area contributed by atoms with Crippen LogP contribution in [0.3, 0.4) is 0 Å². The molecule has 116 valence electrons. The number of ether oxygens (including phenoxy) is 1. The molecule has 2 heterocycles. The van der Waals surface area contributed by atoms with E-state index in [1.165, 1.54) is 0 Å². The summed E-state index contributed by atoms with van der Waals surface area (Å²) in [5.74, 6) is 1.05. The lowest BCUT2D eigenvalue weighted by atomic mass is 10.1. The highest BCUT2D eigenvalue weighted by Crippen LogP contribution is 2.18. The first-order chi connectivity index (χ1) is 10.7. The van der Waals surface area contributed by atoms with Gasteiger partial charge in [0, 0.05) is 26.4 Å². The lowest BCUT2D eigenvalue weighted by molar-refractivity contribution is -0.132. The van der Waals surface area contributed by atoms with E-state index in [4.69, 9.17) is 4.74 Å². The van der Waals surface area contributed by atoms with E-state index < -0.39 is 0 Å². The maximum atomic E-state index is 12.4. The van der Waals surface area contributed by atoms with Crippen molar-refractivity contribution in [1.82, 2.24) is 14.5 Å². The van der Waals surface area contributed by atoms with Gasteiger partial charge in [-0.3, -0.25) is 4.79 Å². The van der Waals surface area contributed by atoms with Crippen LogP contribution in [0, 0.1) is 0 Å². The number of hydrogen-bond acceptors (Lipinski definition) is 3. The van der Waals surface area contributed by atoms with Crippen LogP contribution in [0.4, 0.5) is 0 Å². The summed E-state index contributed by atoms with van der Waals surface area (Å²) in [6.07, 6.45) is 3.98. The van der Waals surface area contributed by atoms with Gasteiger partial charge in [0.15, 0.2) is 0 Å². The number of amides is 1. The van der Waals surface area contributed by atoms with Gasteiger partial charge in [-0.1, -0.05) is 12.1 Å². The van der Waals surface area contributed by atoms with Crippen molar-refractivity contribution >= 4 is 5.91 Å². The Morgan fingerprint density at radius 3 is 2.82 bits per heavy atom. The first-order valence-corrected chi connectivity index (χ1v) is 7.57. The summed E-state index contributed by atoms with van der Waals surface area (Å²) in [4.78, 5) is 18.7. The fraction of sp³-hybridized carbons (Fsp3) is 0.412. The Morgan fingerprint density at radius 2 is 2.09 bits per heavy atom. The number of carbonyl (C=O) groups excluding carboxylic acids is 1. The van der Waals surface area contributed by atoms with Gasteiger partial charge in [-0.05, 0) is 24.1 Å². The SMILES string of the molecule is COc1ccc(CCC(=O)N2CCc3ncn(C)c3C2)cc1. The van der Waals surface area contributed by atoms with Crippen molar-refractivity contribution in [3.05, 3.63) is 47.5 Å². The van der Waals surface area contributed by atoms with Gasteiger partial charge in [0.1, 0.15) is 5.75 Å². The summed E-state index contributed by atoms with van der Waals surface area (Å²) in [5.41, 5.74) is 3.44. The minimum Gasteiger partial charge on any atom is -0.497 e. The molecule has 0 atom stereocenters. The molecule has 2 aromatic rings. The van der Waals surface area contributed by atoms with Crippen molar-refractivity contribution in [1.29, 1.82) is 0 Å². The minimum absolute atomic E-state index is 0.211. The molecule has 0 fully saturated rings. The molecule has 0 aliphatic carbocycles. The van der Waals surface area contributed by atoms with E-state index in [0.717, 1.165) is 42.1 Å². The number of imidazole rings is 1. The van der Waals surface area contributed by atoms with Crippen molar-refractivity contribution in [3.8, 4) is 5.75 Å². The number of benzene rings is 1. The summed E-state index contributed by atoms with van der Waals surface area (Å²) in [7, 11) is 3.64. The number of aryl methyl sites for hydroxylation is 2. The summed E-state index contributed by atoms with van der Waals surface area (Å²) in [5, 5.41) is 0. The van der Waals surface area contributed by atoms with Crippen LogP contribution in [-0.2, 0) is 31.2 Å². The average Bonchev–Trinajstić information content (AvgIpc) is 2.94. The van der Waals surface area contributed by atoms with Gasteiger partial charge in [-0.15, -0.1) is 0 Å². The average molecular weight is 299 g/mol. The molecule has 1 aromatic carbocycles. The highest BCUT2D eigenvalue weighted by atomic mass is 16.5. The van der Waals surface area contributed by atoms with Gasteiger partial charge in [-0.25, -0.2) is 4.98 Å². The fourth-order valence-electron chi connectivity index (χ4n) is 2.83. The molecule has 0 saturated heterocycles. The molecule has 5 heteroatoms. The molecule has 0 spiro atoms. The van der Waals surface area contributed by atoms with E-state index in [-0.39, 0.29) is 5.91 Å². The van der Waals surface area contributed by atoms with E-state index in [1.807, 2.05) is 47.1 Å². The summed E-state index contributed by atoms with van der Waals surface area (Å²) >= 11 is 0. The Labute approximate surface area is 130 Å². The predicted molar refractivity (Wildman–Crippen MR) is 83.6 cm³/mol. The van der Waals surface area contributed by atoms with Gasteiger partial charge in [0.05, 0.1) is 31.4 Å². The molecule has 0 N–H and O–H groups in total. The van der Waals surface area contributed by atoms with Crippen molar-refractivity contribution in [2.45, 2.75) is 25.8 Å². The van der Waals surface area contributed by atoms with E-state index in [1.54, 1.807) is 7.11 Å². The zero-order valence-corrected chi connectivity index (χ0v) is 13.1. The van der Waals surface area contributed by atoms with E-state index in [9.17, 15) is 4.79 Å². The van der Waals surface area contributed by atoms with Crippen LogP contribution in [0.1, 0.15) is 23.4 Å². The first-order valence-electron chi connectivity index (χ1n) is 7.57. The van der Waals surface area contributed by atoms with Gasteiger partial charge < -0.3 is 14.2 Å². The van der Waals surface area contributed by atoms with Crippen LogP contribution in [0.2, 0.25) is 0 Å². The second kappa shape index (κ2) is 6.22. The van der Waals surface area contributed by atoms with Crippen molar-refractivity contribution < 1.29 is 9.53 Å². The van der Waals surface area contributed by atoms with Gasteiger partial charge in [0.25, 0.3) is 0 Å². The topological polar surface area (TPSA) is 47.4 Å². The Kier molecular flexibility index (Phi) is 4.13. The third kappa shape index (κ3) is 2.98. The lowest BCUT2D eigenvalue weighted by Crippen LogP contribution is -2.36. The van der Waals surface area contributed by atoms with Crippen LogP contribution in [0.15, 0.2) is 30.6 Å². The van der Waals surface area contributed by atoms with E-state index in [0.29, 0.717) is 13.0 Å². The van der Waals surface area contributed by atoms with Crippen LogP contribution in [0.25, 0.3) is 0 Å². The smallest absolute Gasteiger partial charge is 0.223 e. The first kappa shape index (κ1) is 14.6. The molecule has 0 unspecified atom stereocenters. The largest absolute Gasteiger partial charge is 0.497 e. The molecular formula is C17H21N3O2. The lowest BCUT2D eigenvalue weighted by Gasteiger charge is -2.27. The number of rotatable bonds is 4. The Bertz CT molecular complexity index is 661. The van der Waals surface area contributed by atoms with Crippen LogP contribution < -0.4 is 4.74 Å². The molecule has 3 rings (SSSR count). The molecule has 1 aromatic heterocycles. The quantitative estimate of drug-likeness (QED) is 0.867. The number of nitrogens with zero attached hydrogens (tertiary/aromatic N) is 3. The van der Waals surface area contributed by atoms with Crippen molar-refractivity contribution in [3.63, 3.8) is 0 Å². The molecule has 5 nitrogen and oxygen atoms in total. The molecule has 0 radical (unpaired) electrons. The second-order valence-corrected chi connectivity index (χ2v) is 5.66. The number of methoxy groups -OCH3 is 1. The number of hydrogen-bond donors (Lipinski definition) is 0. The third-order valence-electron chi connectivity index (χ3n) is 4.24. The van der Waals surface area contributed by atoms with Crippen LogP contribution >= 0.6 is 0 Å². The summed E-state index contributed by atoms with van der Waals surface area (Å²) in [6, 6.07) is 7.90. The molecular weight excluding hydrogens is 278 g/mol. The number of carbonyl (C=O) groups is 1. The molecule has 1 aliphatic heterocycles. The summed E-state index contributed by atoms with van der Waals surface area (Å²) < 4.78 is 7.16. The second-order valence-electron chi connectivity index (χ2n) is 5.66. The fourth-order valence-corrected chi connectivity index (χ4v) is 2.83. The van der Waals surface area contributed by atoms with Crippen LogP contribution in [0.5, 0.6) is 5.75 Å². The predicted octanol–water partition coefficient (Wildman–Crippen LogP) is 1.95. The minimum atomic E-state index is 0.211. The van der Waals surface area contributed by atoms with Crippen molar-refractivity contribution in [2.75, 3.05) is 13.7 Å². The zero-order valence-electron chi connectivity index (χ0n) is 13.1. The maximum absolute atomic E-state index is 12.4. The van der Waals surface area contributed by atoms with Gasteiger partial charge in [-0.2, -0.15) is 0 Å². The highest BCUT2D eigenvalue weighted by Gasteiger charge is 2.23. The molecule has 0 bridgehead atoms. The standard InChI is InChI=1S/C17H21N3O2/c1-19-12-18-15-9-10-20(11-16(15)19)17(21)8-5-13-3-6-14(22-2)7-4-13/h3-4,6-7,12H,5,8-11H2,1-2H3. The Balaban J connectivity index is 1.57. The Morgan fingerprint density at radius 1 is 1.32 bits per heavy atom. The monoisotopic (exact) mass is 299 g/mol. The van der Waals surface area contributed by atoms with Crippen LogP contribution in [-0.4, -0.2) is 34.0 Å². The molecule has 1 aliphatic rings. The highest BCUT2D eigenvalue weighted by molar-refractivity contribution is 5.76. The van der Waals surface area contributed by atoms with Gasteiger partial charge in [0.2, 0.25) is 5.91 Å².